The molecule has 0 bridgehead atoms. The Morgan fingerprint density at radius 2 is 1.74 bits per heavy atom. The van der Waals surface area contributed by atoms with Gasteiger partial charge in [-0.25, -0.2) is 4.39 Å². The van der Waals surface area contributed by atoms with Crippen LogP contribution in [0.5, 0.6) is 11.5 Å². The van der Waals surface area contributed by atoms with E-state index in [9.17, 15) is 27.7 Å². The third kappa shape index (κ3) is 3.95. The lowest BCUT2D eigenvalue weighted by Gasteiger charge is -2.16. The van der Waals surface area contributed by atoms with Crippen LogP contribution in [0.3, 0.4) is 0 Å². The molecule has 0 aliphatic rings. The number of benzene rings is 2. The topological polar surface area (TPSA) is 78.4 Å². The zero-order chi connectivity index (χ0) is 17.2. The van der Waals surface area contributed by atoms with Crippen molar-refractivity contribution in [3.8, 4) is 11.5 Å². The van der Waals surface area contributed by atoms with Gasteiger partial charge in [-0.05, 0) is 35.9 Å². The van der Waals surface area contributed by atoms with Crippen molar-refractivity contribution in [2.75, 3.05) is 0 Å². The highest BCUT2D eigenvalue weighted by atomic mass is 19.4. The summed E-state index contributed by atoms with van der Waals surface area (Å²) in [5.41, 5.74) is 3.89. The van der Waals surface area contributed by atoms with Crippen molar-refractivity contribution in [1.29, 1.82) is 0 Å². The fourth-order valence-corrected chi connectivity index (χ4v) is 1.78. The molecular weight excluding hydrogens is 320 g/mol. The first-order valence-corrected chi connectivity index (χ1v) is 6.22. The van der Waals surface area contributed by atoms with E-state index in [0.717, 1.165) is 24.3 Å². The number of alkyl halides is 3. The Morgan fingerprint density at radius 1 is 1.13 bits per heavy atom. The number of ether oxygens (including phenoxy) is 1. The maximum atomic E-state index is 12.8. The third-order valence-corrected chi connectivity index (χ3v) is 2.93. The molecule has 23 heavy (non-hydrogen) atoms. The minimum atomic E-state index is -4.73. The highest BCUT2D eigenvalue weighted by Crippen LogP contribution is 2.37. The van der Waals surface area contributed by atoms with Crippen LogP contribution in [0.15, 0.2) is 42.5 Å². The van der Waals surface area contributed by atoms with E-state index in [2.05, 4.69) is 0 Å². The number of halogens is 4. The summed E-state index contributed by atoms with van der Waals surface area (Å²) in [4.78, 5) is 10.2. The van der Waals surface area contributed by atoms with Gasteiger partial charge in [0.2, 0.25) is 5.75 Å². The Hall–Kier alpha value is -2.68. The van der Waals surface area contributed by atoms with Crippen LogP contribution in [0.2, 0.25) is 0 Å². The molecule has 9 heteroatoms. The van der Waals surface area contributed by atoms with Crippen LogP contribution in [0.1, 0.15) is 11.6 Å². The molecule has 2 aromatic rings. The number of nitrogens with two attached hydrogens (primary N) is 1. The second kappa shape index (κ2) is 6.21. The first-order valence-electron chi connectivity index (χ1n) is 6.22. The average molecular weight is 330 g/mol. The van der Waals surface area contributed by atoms with E-state index in [4.69, 9.17) is 10.5 Å². The van der Waals surface area contributed by atoms with Gasteiger partial charge in [0.25, 0.3) is 0 Å². The molecule has 5 nitrogen and oxygen atoms in total. The summed E-state index contributed by atoms with van der Waals surface area (Å²) in [6.45, 7) is 0. The predicted molar refractivity (Wildman–Crippen MR) is 72.6 cm³/mol. The predicted octanol–water partition coefficient (Wildman–Crippen LogP) is 4.09. The second-order valence-electron chi connectivity index (χ2n) is 4.56. The van der Waals surface area contributed by atoms with Gasteiger partial charge in [-0.1, -0.05) is 6.07 Å². The van der Waals surface area contributed by atoms with E-state index in [1.807, 2.05) is 0 Å². The standard InChI is InChI=1S/C14H10F4N2O3/c15-9-2-4-10(5-3-9)23-12-6-1-8(7-11(12)20(21)22)13(19)14(16,17)18/h1-7,13H,19H2/t13-/m1/s1. The van der Waals surface area contributed by atoms with Gasteiger partial charge >= 0.3 is 11.9 Å². The molecule has 1 atom stereocenters. The molecule has 0 saturated carbocycles. The summed E-state index contributed by atoms with van der Waals surface area (Å²) in [6, 6.07) is 4.98. The number of rotatable bonds is 4. The van der Waals surface area contributed by atoms with E-state index in [-0.39, 0.29) is 11.5 Å². The van der Waals surface area contributed by atoms with Gasteiger partial charge in [-0.2, -0.15) is 13.2 Å². The largest absolute Gasteiger partial charge is 0.450 e. The van der Waals surface area contributed by atoms with Crippen molar-refractivity contribution in [1.82, 2.24) is 0 Å². The zero-order valence-electron chi connectivity index (χ0n) is 11.4. The minimum Gasteiger partial charge on any atom is -0.450 e. The van der Waals surface area contributed by atoms with Crippen LogP contribution < -0.4 is 10.5 Å². The van der Waals surface area contributed by atoms with E-state index in [1.165, 1.54) is 12.1 Å². The third-order valence-electron chi connectivity index (χ3n) is 2.93. The van der Waals surface area contributed by atoms with Crippen LogP contribution in [0, 0.1) is 15.9 Å². The Bertz CT molecular complexity index is 717. The van der Waals surface area contributed by atoms with Crippen LogP contribution in [0.25, 0.3) is 0 Å². The zero-order valence-corrected chi connectivity index (χ0v) is 11.4. The van der Waals surface area contributed by atoms with Gasteiger partial charge in [0.05, 0.1) is 4.92 Å². The van der Waals surface area contributed by atoms with Gasteiger partial charge in [0.1, 0.15) is 17.6 Å². The number of hydrogen-bond donors (Lipinski definition) is 1. The average Bonchev–Trinajstić information content (AvgIpc) is 2.48. The molecule has 0 aliphatic heterocycles. The number of hydrogen-bond acceptors (Lipinski definition) is 4. The van der Waals surface area contributed by atoms with Crippen molar-refractivity contribution >= 4 is 5.69 Å². The molecule has 0 spiro atoms. The Kier molecular flexibility index (Phi) is 4.50. The highest BCUT2D eigenvalue weighted by Gasteiger charge is 2.38. The molecule has 0 amide bonds. The first kappa shape index (κ1) is 16.7. The van der Waals surface area contributed by atoms with Crippen molar-refractivity contribution in [3.63, 3.8) is 0 Å². The summed E-state index contributed by atoms with van der Waals surface area (Å²) < 4.78 is 55.8. The monoisotopic (exact) mass is 330 g/mol. The molecular formula is C14H10F4N2O3. The second-order valence-corrected chi connectivity index (χ2v) is 4.56. The van der Waals surface area contributed by atoms with E-state index in [0.29, 0.717) is 6.07 Å². The normalized spacial score (nSPS) is 12.7. The van der Waals surface area contributed by atoms with Crippen LogP contribution >= 0.6 is 0 Å². The fraction of sp³-hybridized carbons (Fsp3) is 0.143. The molecule has 2 aromatic carbocycles. The van der Waals surface area contributed by atoms with Gasteiger partial charge in [0.15, 0.2) is 0 Å². The van der Waals surface area contributed by atoms with Crippen LogP contribution in [-0.2, 0) is 0 Å². The quantitative estimate of drug-likeness (QED) is 0.520. The van der Waals surface area contributed by atoms with Crippen molar-refractivity contribution in [3.05, 3.63) is 64.0 Å². The number of nitro benzene ring substituents is 1. The molecule has 0 radical (unpaired) electrons. The van der Waals surface area contributed by atoms with Gasteiger partial charge in [-0.15, -0.1) is 0 Å². The molecule has 0 fully saturated rings. The van der Waals surface area contributed by atoms with Crippen molar-refractivity contribution in [2.45, 2.75) is 12.2 Å². The van der Waals surface area contributed by atoms with Crippen LogP contribution in [-0.4, -0.2) is 11.1 Å². The van der Waals surface area contributed by atoms with Crippen LogP contribution in [0.4, 0.5) is 23.2 Å². The Balaban J connectivity index is 2.37. The highest BCUT2D eigenvalue weighted by molar-refractivity contribution is 5.51. The van der Waals surface area contributed by atoms with E-state index < -0.39 is 34.2 Å². The summed E-state index contributed by atoms with van der Waals surface area (Å²) in [7, 11) is 0. The van der Waals surface area contributed by atoms with Gasteiger partial charge in [-0.3, -0.25) is 10.1 Å². The first-order chi connectivity index (χ1) is 10.7. The van der Waals surface area contributed by atoms with Gasteiger partial charge < -0.3 is 10.5 Å². The molecule has 2 rings (SSSR count). The molecule has 0 heterocycles. The maximum absolute atomic E-state index is 12.8. The van der Waals surface area contributed by atoms with Crippen molar-refractivity contribution < 1.29 is 27.2 Å². The maximum Gasteiger partial charge on any atom is 0.407 e. The molecule has 0 aliphatic carbocycles. The number of nitrogens with zero attached hydrogens (tertiary/aromatic N) is 1. The summed E-state index contributed by atoms with van der Waals surface area (Å²) >= 11 is 0. The summed E-state index contributed by atoms with van der Waals surface area (Å²) in [6.07, 6.45) is -4.73. The Morgan fingerprint density at radius 3 is 2.26 bits per heavy atom. The minimum absolute atomic E-state index is 0.0994. The number of nitro groups is 1. The molecule has 0 unspecified atom stereocenters. The Labute approximate surface area is 127 Å². The molecule has 0 aromatic heterocycles. The SMILES string of the molecule is N[C@H](c1ccc(Oc2ccc(F)cc2)c([N+](=O)[O-])c1)C(F)(F)F. The lowest BCUT2D eigenvalue weighted by Crippen LogP contribution is -2.28. The molecule has 122 valence electrons. The molecule has 2 N–H and O–H groups in total. The van der Waals surface area contributed by atoms with Gasteiger partial charge in [0, 0.05) is 6.07 Å². The fourth-order valence-electron chi connectivity index (χ4n) is 1.78. The lowest BCUT2D eigenvalue weighted by atomic mass is 10.1. The van der Waals surface area contributed by atoms with E-state index >= 15 is 0 Å². The summed E-state index contributed by atoms with van der Waals surface area (Å²) in [5.74, 6) is -0.708. The van der Waals surface area contributed by atoms with E-state index in [1.54, 1.807) is 0 Å². The smallest absolute Gasteiger partial charge is 0.407 e. The van der Waals surface area contributed by atoms with Crippen molar-refractivity contribution in [2.24, 2.45) is 5.73 Å². The lowest BCUT2D eigenvalue weighted by molar-refractivity contribution is -0.385. The summed E-state index contributed by atoms with van der Waals surface area (Å²) in [5, 5.41) is 11.0. The molecule has 0 saturated heterocycles.